The van der Waals surface area contributed by atoms with Crippen molar-refractivity contribution in [1.82, 2.24) is 0 Å². The molecule has 0 aromatic rings. The van der Waals surface area contributed by atoms with Gasteiger partial charge in [0.1, 0.15) is 0 Å². The molecular weight excluding hydrogens is 156 g/mol. The minimum Gasteiger partial charge on any atom is -0.481 e. The topological polar surface area (TPSA) is 49.8 Å². The molecule has 1 aliphatic carbocycles. The van der Waals surface area contributed by atoms with Gasteiger partial charge in [-0.05, 0) is 11.3 Å². The summed E-state index contributed by atoms with van der Waals surface area (Å²) in [6.45, 7) is 7.98. The van der Waals surface area contributed by atoms with E-state index in [9.17, 15) is 4.79 Å². The second kappa shape index (κ2) is 3.05. The molecule has 2 aliphatic rings. The summed E-state index contributed by atoms with van der Waals surface area (Å²) < 4.78 is 4.50. The fourth-order valence-corrected chi connectivity index (χ4v) is 1.43. The molecular formula is C9H16O3. The third-order valence-corrected chi connectivity index (χ3v) is 2.84. The van der Waals surface area contributed by atoms with E-state index in [-0.39, 0.29) is 11.3 Å². The lowest BCUT2D eigenvalue weighted by atomic mass is 10.1. The first kappa shape index (κ1) is 9.52. The summed E-state index contributed by atoms with van der Waals surface area (Å²) in [5.74, 6) is -0.389. The van der Waals surface area contributed by atoms with E-state index >= 15 is 0 Å². The molecule has 0 radical (unpaired) electrons. The molecule has 0 amide bonds. The quantitative estimate of drug-likeness (QED) is 0.608. The molecule has 1 N–H and O–H groups in total. The predicted octanol–water partition coefficient (Wildman–Crippen LogP) is 1.38. The zero-order valence-corrected chi connectivity index (χ0v) is 7.83. The number of carboxylic acids is 1. The number of hydrogen-bond donors (Lipinski definition) is 1. The zero-order chi connectivity index (χ0) is 9.35. The highest BCUT2D eigenvalue weighted by Crippen LogP contribution is 2.57. The van der Waals surface area contributed by atoms with Gasteiger partial charge in [0, 0.05) is 0 Å². The van der Waals surface area contributed by atoms with Crippen molar-refractivity contribution in [2.45, 2.75) is 20.8 Å². The van der Waals surface area contributed by atoms with Gasteiger partial charge in [-0.25, -0.2) is 0 Å². The second-order valence-corrected chi connectivity index (χ2v) is 4.04. The maximum absolute atomic E-state index is 10.4. The smallest absolute Gasteiger partial charge is 0.307 e. The Hall–Kier alpha value is -0.570. The Labute approximate surface area is 72.7 Å². The van der Waals surface area contributed by atoms with Crippen molar-refractivity contribution in [3.63, 3.8) is 0 Å². The molecule has 0 spiro atoms. The van der Waals surface area contributed by atoms with Crippen LogP contribution in [0.25, 0.3) is 0 Å². The largest absolute Gasteiger partial charge is 0.481 e. The molecule has 0 aromatic carbocycles. The van der Waals surface area contributed by atoms with Gasteiger partial charge in [0.2, 0.25) is 0 Å². The fourth-order valence-electron chi connectivity index (χ4n) is 1.43. The number of aliphatic carboxylic acids is 1. The molecule has 0 aromatic heterocycles. The van der Waals surface area contributed by atoms with Crippen molar-refractivity contribution in [3.05, 3.63) is 0 Å². The van der Waals surface area contributed by atoms with E-state index in [0.717, 1.165) is 13.2 Å². The molecule has 2 atom stereocenters. The minimum atomic E-state index is -0.646. The van der Waals surface area contributed by atoms with Gasteiger partial charge in [0.05, 0.1) is 19.1 Å². The van der Waals surface area contributed by atoms with Crippen molar-refractivity contribution in [3.8, 4) is 0 Å². The van der Waals surface area contributed by atoms with Gasteiger partial charge in [0.15, 0.2) is 0 Å². The third kappa shape index (κ3) is 1.97. The van der Waals surface area contributed by atoms with Gasteiger partial charge < -0.3 is 9.84 Å². The lowest BCUT2D eigenvalue weighted by Crippen LogP contribution is -2.02. The molecule has 70 valence electrons. The molecule has 3 nitrogen and oxygen atoms in total. The van der Waals surface area contributed by atoms with Crippen molar-refractivity contribution in [2.24, 2.45) is 17.3 Å². The Kier molecular flexibility index (Phi) is 2.42. The maximum Gasteiger partial charge on any atom is 0.307 e. The van der Waals surface area contributed by atoms with Crippen LogP contribution in [0.4, 0.5) is 0 Å². The van der Waals surface area contributed by atoms with Crippen molar-refractivity contribution in [1.29, 1.82) is 0 Å². The van der Waals surface area contributed by atoms with Gasteiger partial charge >= 0.3 is 5.97 Å². The van der Waals surface area contributed by atoms with Gasteiger partial charge in [-0.15, -0.1) is 0 Å². The predicted molar refractivity (Wildman–Crippen MR) is 44.9 cm³/mol. The van der Waals surface area contributed by atoms with Crippen LogP contribution in [0.2, 0.25) is 0 Å². The average molecular weight is 172 g/mol. The number of rotatable bonds is 1. The Morgan fingerprint density at radius 1 is 1.50 bits per heavy atom. The van der Waals surface area contributed by atoms with Crippen molar-refractivity contribution in [2.75, 3.05) is 13.2 Å². The van der Waals surface area contributed by atoms with Crippen molar-refractivity contribution >= 4 is 5.97 Å². The van der Waals surface area contributed by atoms with Crippen molar-refractivity contribution < 1.29 is 14.6 Å². The molecule has 0 bridgehead atoms. The van der Waals surface area contributed by atoms with Crippen LogP contribution in [-0.2, 0) is 9.53 Å². The summed E-state index contributed by atoms with van der Waals surface area (Å²) in [6.07, 6.45) is 0. The first-order valence-corrected chi connectivity index (χ1v) is 4.28. The molecule has 1 saturated carbocycles. The molecule has 2 rings (SSSR count). The lowest BCUT2D eigenvalue weighted by molar-refractivity contribution is -0.139. The summed E-state index contributed by atoms with van der Waals surface area (Å²) in [7, 11) is 0. The van der Waals surface area contributed by atoms with Crippen LogP contribution < -0.4 is 0 Å². The molecule has 1 saturated heterocycles. The van der Waals surface area contributed by atoms with Crippen LogP contribution in [0, 0.1) is 17.3 Å². The van der Waals surface area contributed by atoms with Gasteiger partial charge in [0.25, 0.3) is 0 Å². The Balaban J connectivity index is 0.000000200. The number of ether oxygens (including phenoxy) is 1. The minimum absolute atomic E-state index is 0.0475. The number of epoxide rings is 1. The van der Waals surface area contributed by atoms with Crippen LogP contribution in [-0.4, -0.2) is 24.3 Å². The maximum atomic E-state index is 10.4. The Morgan fingerprint density at radius 2 is 1.83 bits per heavy atom. The van der Waals surface area contributed by atoms with E-state index in [1.54, 1.807) is 0 Å². The fraction of sp³-hybridized carbons (Fsp3) is 0.889. The summed E-state index contributed by atoms with van der Waals surface area (Å²) in [6, 6.07) is 0. The average Bonchev–Trinajstić information content (AvgIpc) is 2.72. The van der Waals surface area contributed by atoms with Crippen LogP contribution in [0.5, 0.6) is 0 Å². The van der Waals surface area contributed by atoms with E-state index in [0.29, 0.717) is 5.92 Å². The number of hydrogen-bond acceptors (Lipinski definition) is 2. The first-order chi connectivity index (χ1) is 5.48. The van der Waals surface area contributed by atoms with E-state index < -0.39 is 5.97 Å². The van der Waals surface area contributed by atoms with Crippen LogP contribution in [0.1, 0.15) is 20.8 Å². The molecule has 1 heterocycles. The molecule has 3 heteroatoms. The summed E-state index contributed by atoms with van der Waals surface area (Å²) >= 11 is 0. The lowest BCUT2D eigenvalue weighted by Gasteiger charge is -1.95. The van der Waals surface area contributed by atoms with E-state index in [1.165, 1.54) is 0 Å². The standard InChI is InChI=1S/C7H12O2.C2H4O/c1-4-5(6(8)9)7(4,2)3;1-2-3-1/h4-5H,1-3H3,(H,8,9);1-2H2/t4?,5-;/m0./s1. The highest BCUT2D eigenvalue weighted by Gasteiger charge is 2.59. The van der Waals surface area contributed by atoms with Gasteiger partial charge in [-0.3, -0.25) is 4.79 Å². The van der Waals surface area contributed by atoms with Gasteiger partial charge in [-0.1, -0.05) is 20.8 Å². The highest BCUT2D eigenvalue weighted by molar-refractivity contribution is 5.75. The first-order valence-electron chi connectivity index (χ1n) is 4.28. The number of carbonyl (C=O) groups is 1. The van der Waals surface area contributed by atoms with E-state index in [1.807, 2.05) is 20.8 Å². The SMILES string of the molecule is C1CO1.CC1[C@@H](C(=O)O)C1(C)C. The summed E-state index contributed by atoms with van der Waals surface area (Å²) in [5.41, 5.74) is 0.0475. The monoisotopic (exact) mass is 172 g/mol. The number of carboxylic acid groups (broad SMARTS) is 1. The Bertz CT molecular complexity index is 181. The van der Waals surface area contributed by atoms with Crippen LogP contribution in [0.3, 0.4) is 0 Å². The van der Waals surface area contributed by atoms with Crippen LogP contribution in [0.15, 0.2) is 0 Å². The summed E-state index contributed by atoms with van der Waals surface area (Å²) in [5, 5.41) is 8.56. The Morgan fingerprint density at radius 3 is 1.83 bits per heavy atom. The summed E-state index contributed by atoms with van der Waals surface area (Å²) in [4.78, 5) is 10.4. The molecule has 1 aliphatic heterocycles. The van der Waals surface area contributed by atoms with E-state index in [4.69, 9.17) is 5.11 Å². The normalized spacial score (nSPS) is 34.6. The third-order valence-electron chi connectivity index (χ3n) is 2.84. The zero-order valence-electron chi connectivity index (χ0n) is 7.83. The highest BCUT2D eigenvalue weighted by atomic mass is 16.6. The van der Waals surface area contributed by atoms with Crippen LogP contribution >= 0.6 is 0 Å². The second-order valence-electron chi connectivity index (χ2n) is 4.04. The molecule has 2 fully saturated rings. The van der Waals surface area contributed by atoms with E-state index in [2.05, 4.69) is 4.74 Å². The molecule has 12 heavy (non-hydrogen) atoms. The molecule has 1 unspecified atom stereocenters. The van der Waals surface area contributed by atoms with Gasteiger partial charge in [-0.2, -0.15) is 0 Å².